The summed E-state index contributed by atoms with van der Waals surface area (Å²) in [5.41, 5.74) is 0.992. The number of aliphatic hydroxyl groups excluding tert-OH is 2. The van der Waals surface area contributed by atoms with Gasteiger partial charge in [0.25, 0.3) is 0 Å². The third-order valence-corrected chi connectivity index (χ3v) is 1.62. The van der Waals surface area contributed by atoms with Crippen molar-refractivity contribution >= 4 is 0 Å². The van der Waals surface area contributed by atoms with Crippen LogP contribution in [0.25, 0.3) is 0 Å². The van der Waals surface area contributed by atoms with E-state index in [0.717, 1.165) is 5.56 Å². The molecule has 0 radical (unpaired) electrons. The fraction of sp³-hybridized carbons (Fsp3) is 0.400. The normalized spacial score (nSPS) is 12.7. The smallest absolute Gasteiger partial charge is 0.110 e. The highest BCUT2D eigenvalue weighted by atomic mass is 17.2. The number of hydrogen-bond acceptors (Lipinski definition) is 4. The Labute approximate surface area is 82.6 Å². The van der Waals surface area contributed by atoms with Gasteiger partial charge in [-0.3, -0.25) is 0 Å². The van der Waals surface area contributed by atoms with E-state index in [2.05, 4.69) is 4.89 Å². The maximum Gasteiger partial charge on any atom is 0.110 e. The predicted octanol–water partition coefficient (Wildman–Crippen LogP) is 0.488. The van der Waals surface area contributed by atoms with Crippen molar-refractivity contribution < 1.29 is 20.0 Å². The minimum absolute atomic E-state index is 0.0245. The van der Waals surface area contributed by atoms with Crippen molar-refractivity contribution in [2.24, 2.45) is 0 Å². The lowest BCUT2D eigenvalue weighted by molar-refractivity contribution is -0.315. The fourth-order valence-electron chi connectivity index (χ4n) is 0.863. The van der Waals surface area contributed by atoms with Gasteiger partial charge in [-0.05, 0) is 5.56 Å². The first-order valence-electron chi connectivity index (χ1n) is 4.40. The Hall–Kier alpha value is -0.940. The SMILES string of the molecule is OC[C@@H](O)COOCc1ccccc1. The highest BCUT2D eigenvalue weighted by Gasteiger charge is 2.01. The van der Waals surface area contributed by atoms with Crippen molar-refractivity contribution in [2.45, 2.75) is 12.7 Å². The minimum Gasteiger partial charge on any atom is -0.394 e. The lowest BCUT2D eigenvalue weighted by Crippen LogP contribution is -2.19. The lowest BCUT2D eigenvalue weighted by atomic mass is 10.2. The van der Waals surface area contributed by atoms with E-state index in [-0.39, 0.29) is 13.2 Å². The predicted molar refractivity (Wildman–Crippen MR) is 50.3 cm³/mol. The number of rotatable bonds is 6. The molecule has 0 saturated heterocycles. The number of benzene rings is 1. The maximum absolute atomic E-state index is 8.90. The Morgan fingerprint density at radius 3 is 2.50 bits per heavy atom. The average Bonchev–Trinajstić information content (AvgIpc) is 2.25. The van der Waals surface area contributed by atoms with E-state index in [4.69, 9.17) is 15.1 Å². The Morgan fingerprint density at radius 1 is 1.14 bits per heavy atom. The molecule has 1 rings (SSSR count). The molecule has 0 aliphatic heterocycles. The molecule has 0 aliphatic rings. The average molecular weight is 198 g/mol. The van der Waals surface area contributed by atoms with Gasteiger partial charge in [-0.2, -0.15) is 0 Å². The number of hydrogen-bond donors (Lipinski definition) is 2. The van der Waals surface area contributed by atoms with Crippen LogP contribution in [0.3, 0.4) is 0 Å². The molecule has 0 aliphatic carbocycles. The molecule has 0 saturated carbocycles. The molecule has 0 heterocycles. The lowest BCUT2D eigenvalue weighted by Gasteiger charge is -2.07. The summed E-state index contributed by atoms with van der Waals surface area (Å²) < 4.78 is 0. The van der Waals surface area contributed by atoms with Gasteiger partial charge >= 0.3 is 0 Å². The molecule has 14 heavy (non-hydrogen) atoms. The second kappa shape index (κ2) is 6.50. The minimum atomic E-state index is -0.884. The van der Waals surface area contributed by atoms with E-state index in [0.29, 0.717) is 6.61 Å². The zero-order valence-electron chi connectivity index (χ0n) is 7.80. The molecule has 0 aromatic heterocycles. The largest absolute Gasteiger partial charge is 0.394 e. The van der Waals surface area contributed by atoms with E-state index in [1.807, 2.05) is 30.3 Å². The Bertz CT molecular complexity index is 237. The van der Waals surface area contributed by atoms with Crippen LogP contribution in [0.5, 0.6) is 0 Å². The van der Waals surface area contributed by atoms with Gasteiger partial charge in [0.15, 0.2) is 0 Å². The van der Waals surface area contributed by atoms with Gasteiger partial charge in [-0.25, -0.2) is 9.78 Å². The van der Waals surface area contributed by atoms with Crippen molar-refractivity contribution in [2.75, 3.05) is 13.2 Å². The van der Waals surface area contributed by atoms with Gasteiger partial charge in [0.05, 0.1) is 6.61 Å². The molecule has 0 amide bonds. The van der Waals surface area contributed by atoms with Gasteiger partial charge in [-0.15, -0.1) is 0 Å². The van der Waals surface area contributed by atoms with Crippen molar-refractivity contribution in [3.05, 3.63) is 35.9 Å². The summed E-state index contributed by atoms with van der Waals surface area (Å²) in [6, 6.07) is 9.54. The molecule has 4 nitrogen and oxygen atoms in total. The van der Waals surface area contributed by atoms with Crippen LogP contribution in [-0.2, 0) is 16.4 Å². The first-order chi connectivity index (χ1) is 6.83. The van der Waals surface area contributed by atoms with Crippen LogP contribution in [-0.4, -0.2) is 29.5 Å². The molecule has 1 atom stereocenters. The quantitative estimate of drug-likeness (QED) is 0.397. The highest BCUT2D eigenvalue weighted by molar-refractivity contribution is 5.13. The van der Waals surface area contributed by atoms with E-state index < -0.39 is 6.10 Å². The van der Waals surface area contributed by atoms with Crippen LogP contribution in [0, 0.1) is 0 Å². The standard InChI is InChI=1S/C10H14O4/c11-6-10(12)8-14-13-7-9-4-2-1-3-5-9/h1-5,10-12H,6-8H2/t10-/m1/s1. The van der Waals surface area contributed by atoms with Gasteiger partial charge in [0.2, 0.25) is 0 Å². The van der Waals surface area contributed by atoms with E-state index in [9.17, 15) is 0 Å². The Kier molecular flexibility index (Phi) is 5.17. The molecular formula is C10H14O4. The third-order valence-electron chi connectivity index (χ3n) is 1.62. The molecule has 1 aromatic rings. The van der Waals surface area contributed by atoms with Gasteiger partial charge in [0, 0.05) is 0 Å². The van der Waals surface area contributed by atoms with E-state index in [1.165, 1.54) is 0 Å². The summed E-state index contributed by atoms with van der Waals surface area (Å²) in [5, 5.41) is 17.4. The van der Waals surface area contributed by atoms with Crippen LogP contribution in [0.15, 0.2) is 30.3 Å². The molecule has 2 N–H and O–H groups in total. The summed E-state index contributed by atoms with van der Waals surface area (Å²) in [7, 11) is 0. The van der Waals surface area contributed by atoms with Crippen LogP contribution in [0.2, 0.25) is 0 Å². The summed E-state index contributed by atoms with van der Waals surface area (Å²) >= 11 is 0. The van der Waals surface area contributed by atoms with E-state index >= 15 is 0 Å². The number of aliphatic hydroxyl groups is 2. The van der Waals surface area contributed by atoms with Crippen molar-refractivity contribution in [1.29, 1.82) is 0 Å². The highest BCUT2D eigenvalue weighted by Crippen LogP contribution is 2.00. The summed E-state index contributed by atoms with van der Waals surface area (Å²) in [5.74, 6) is 0. The van der Waals surface area contributed by atoms with Crippen molar-refractivity contribution in [1.82, 2.24) is 0 Å². The van der Waals surface area contributed by atoms with Crippen molar-refractivity contribution in [3.63, 3.8) is 0 Å². The molecule has 1 aromatic carbocycles. The molecule has 0 spiro atoms. The zero-order valence-corrected chi connectivity index (χ0v) is 7.80. The summed E-state index contributed by atoms with van der Waals surface area (Å²) in [4.78, 5) is 9.50. The zero-order chi connectivity index (χ0) is 10.2. The van der Waals surface area contributed by atoms with Crippen LogP contribution in [0.4, 0.5) is 0 Å². The Balaban J connectivity index is 2.10. The topological polar surface area (TPSA) is 58.9 Å². The third kappa shape index (κ3) is 4.34. The van der Waals surface area contributed by atoms with E-state index in [1.54, 1.807) is 0 Å². The van der Waals surface area contributed by atoms with Gasteiger partial charge in [-0.1, -0.05) is 30.3 Å². The molecule has 4 heteroatoms. The molecule has 0 unspecified atom stereocenters. The van der Waals surface area contributed by atoms with Gasteiger partial charge < -0.3 is 10.2 Å². The van der Waals surface area contributed by atoms with Crippen LogP contribution >= 0.6 is 0 Å². The van der Waals surface area contributed by atoms with Crippen LogP contribution < -0.4 is 0 Å². The first-order valence-corrected chi connectivity index (χ1v) is 4.40. The monoisotopic (exact) mass is 198 g/mol. The molecule has 78 valence electrons. The second-order valence-electron chi connectivity index (χ2n) is 2.87. The fourth-order valence-corrected chi connectivity index (χ4v) is 0.863. The molecule has 0 bridgehead atoms. The second-order valence-corrected chi connectivity index (χ2v) is 2.87. The maximum atomic E-state index is 8.90. The first kappa shape index (κ1) is 11.1. The van der Waals surface area contributed by atoms with Gasteiger partial charge in [0.1, 0.15) is 19.3 Å². The summed E-state index contributed by atoms with van der Waals surface area (Å²) in [6.07, 6.45) is -0.884. The van der Waals surface area contributed by atoms with Crippen molar-refractivity contribution in [3.8, 4) is 0 Å². The Morgan fingerprint density at radius 2 is 1.86 bits per heavy atom. The van der Waals surface area contributed by atoms with Crippen LogP contribution in [0.1, 0.15) is 5.56 Å². The summed E-state index contributed by atoms with van der Waals surface area (Å²) in [6.45, 7) is -0.0168. The molecular weight excluding hydrogens is 184 g/mol. The molecule has 0 fully saturated rings.